The van der Waals surface area contributed by atoms with Crippen molar-refractivity contribution in [2.45, 2.75) is 33.3 Å². The van der Waals surface area contributed by atoms with Crippen molar-refractivity contribution in [1.82, 2.24) is 4.90 Å². The molecule has 0 aromatic rings. The first-order valence-electron chi connectivity index (χ1n) is 6.53. The van der Waals surface area contributed by atoms with E-state index < -0.39 is 44.7 Å². The third-order valence-corrected chi connectivity index (χ3v) is 3.33. The summed E-state index contributed by atoms with van der Waals surface area (Å²) >= 11 is 0. The van der Waals surface area contributed by atoms with Crippen LogP contribution in [0.1, 0.15) is 27.7 Å². The summed E-state index contributed by atoms with van der Waals surface area (Å²) in [7, 11) is -2.71. The van der Waals surface area contributed by atoms with Gasteiger partial charge in [-0.25, -0.2) is 18.0 Å². The highest BCUT2D eigenvalue weighted by Crippen LogP contribution is 2.15. The molecule has 0 fully saturated rings. The van der Waals surface area contributed by atoms with Gasteiger partial charge in [0.25, 0.3) is 0 Å². The van der Waals surface area contributed by atoms with Crippen LogP contribution < -0.4 is 0 Å². The Kier molecular flexibility index (Phi) is 6.88. The van der Waals surface area contributed by atoms with E-state index in [1.165, 1.54) is 14.0 Å². The zero-order valence-electron chi connectivity index (χ0n) is 13.7. The highest BCUT2D eigenvalue weighted by molar-refractivity contribution is 7.95. The predicted molar refractivity (Wildman–Crippen MR) is 80.0 cm³/mol. The van der Waals surface area contributed by atoms with E-state index in [0.717, 1.165) is 11.2 Å². The first-order valence-corrected chi connectivity index (χ1v) is 8.42. The van der Waals surface area contributed by atoms with Crippen molar-refractivity contribution >= 4 is 21.9 Å². The summed E-state index contributed by atoms with van der Waals surface area (Å²) in [5.41, 5.74) is -0.745. The van der Waals surface area contributed by atoms with Crippen LogP contribution in [0, 0.1) is 0 Å². The molecule has 1 N–H and O–H groups in total. The van der Waals surface area contributed by atoms with Gasteiger partial charge in [0.1, 0.15) is 11.4 Å². The number of rotatable bonds is 5. The number of aliphatic hydroxyl groups excluding tert-OH is 1. The largest absolute Gasteiger partial charge is 0.509 e. The molecule has 0 aliphatic rings. The van der Waals surface area contributed by atoms with E-state index in [9.17, 15) is 23.1 Å². The SMILES string of the molecule is CCOC(=O)/C(=C(/O)CN(C)C(=O)OC(C)(C)C)S(C)(=O)=O. The predicted octanol–water partition coefficient (Wildman–Crippen LogP) is 1.23. The van der Waals surface area contributed by atoms with E-state index in [-0.39, 0.29) is 6.61 Å². The zero-order chi connectivity index (χ0) is 17.7. The molecule has 0 saturated carbocycles. The number of nitrogens with zero attached hydrogens (tertiary/aromatic N) is 1. The van der Waals surface area contributed by atoms with Crippen molar-refractivity contribution in [2.24, 2.45) is 0 Å². The van der Waals surface area contributed by atoms with Crippen molar-refractivity contribution in [1.29, 1.82) is 0 Å². The molecule has 1 amide bonds. The fraction of sp³-hybridized carbons (Fsp3) is 0.692. The lowest BCUT2D eigenvalue weighted by Crippen LogP contribution is -2.36. The molecule has 0 saturated heterocycles. The third kappa shape index (κ3) is 6.79. The van der Waals surface area contributed by atoms with Gasteiger partial charge in [-0.1, -0.05) is 0 Å². The van der Waals surface area contributed by atoms with Gasteiger partial charge in [-0.15, -0.1) is 0 Å². The van der Waals surface area contributed by atoms with Gasteiger partial charge in [0.2, 0.25) is 0 Å². The van der Waals surface area contributed by atoms with E-state index in [1.807, 2.05) is 0 Å². The number of ether oxygens (including phenoxy) is 2. The lowest BCUT2D eigenvalue weighted by molar-refractivity contribution is -0.137. The van der Waals surface area contributed by atoms with Crippen LogP contribution in [-0.2, 0) is 24.1 Å². The topological polar surface area (TPSA) is 110 Å². The van der Waals surface area contributed by atoms with Crippen molar-refractivity contribution in [3.05, 3.63) is 10.7 Å². The molecule has 22 heavy (non-hydrogen) atoms. The van der Waals surface area contributed by atoms with Gasteiger partial charge in [0.05, 0.1) is 13.2 Å². The van der Waals surface area contributed by atoms with Crippen LogP contribution in [0.5, 0.6) is 0 Å². The molecular weight excluding hydrogens is 314 g/mol. The summed E-state index contributed by atoms with van der Waals surface area (Å²) in [5, 5.41) is 9.91. The summed E-state index contributed by atoms with van der Waals surface area (Å²) < 4.78 is 32.9. The average molecular weight is 337 g/mol. The second-order valence-electron chi connectivity index (χ2n) is 5.60. The van der Waals surface area contributed by atoms with E-state index >= 15 is 0 Å². The van der Waals surface area contributed by atoms with Crippen LogP contribution in [0.2, 0.25) is 0 Å². The van der Waals surface area contributed by atoms with Crippen molar-refractivity contribution in [3.63, 3.8) is 0 Å². The third-order valence-electron chi connectivity index (χ3n) is 2.19. The molecule has 0 rings (SSSR count). The van der Waals surface area contributed by atoms with Crippen LogP contribution in [0.3, 0.4) is 0 Å². The summed E-state index contributed by atoms with van der Waals surface area (Å²) in [5.74, 6) is -1.95. The molecule has 0 aromatic carbocycles. The number of carbonyl (C=O) groups excluding carboxylic acids is 2. The molecule has 0 aliphatic carbocycles. The van der Waals surface area contributed by atoms with Gasteiger partial charge in [-0.2, -0.15) is 0 Å². The molecule has 9 heteroatoms. The number of hydrogen-bond acceptors (Lipinski definition) is 7. The maximum atomic E-state index is 11.8. The van der Waals surface area contributed by atoms with E-state index in [1.54, 1.807) is 20.8 Å². The Hall–Kier alpha value is -1.77. The number of carbonyl (C=O) groups is 2. The van der Waals surface area contributed by atoms with Crippen LogP contribution in [0.15, 0.2) is 10.7 Å². The van der Waals surface area contributed by atoms with Crippen molar-refractivity contribution < 1.29 is 32.6 Å². The van der Waals surface area contributed by atoms with Crippen molar-refractivity contribution in [2.75, 3.05) is 26.5 Å². The number of hydrogen-bond donors (Lipinski definition) is 1. The second kappa shape index (κ2) is 7.48. The summed E-state index contributed by atoms with van der Waals surface area (Å²) in [6.45, 7) is 5.93. The molecular formula is C13H23NO7S. The van der Waals surface area contributed by atoms with E-state index in [4.69, 9.17) is 4.74 Å². The normalized spacial score (nSPS) is 13.2. The Morgan fingerprint density at radius 3 is 2.09 bits per heavy atom. The maximum absolute atomic E-state index is 11.8. The molecule has 128 valence electrons. The minimum Gasteiger partial charge on any atom is -0.509 e. The molecule has 0 atom stereocenters. The molecule has 0 unspecified atom stereocenters. The van der Waals surface area contributed by atoms with E-state index in [2.05, 4.69) is 4.74 Å². The Balaban J connectivity index is 5.35. The number of sulfone groups is 1. The first-order chi connectivity index (χ1) is 9.79. The Morgan fingerprint density at radius 1 is 1.23 bits per heavy atom. The summed E-state index contributed by atoms with van der Waals surface area (Å²) in [4.78, 5) is 23.5. The maximum Gasteiger partial charge on any atom is 0.410 e. The highest BCUT2D eigenvalue weighted by atomic mass is 32.2. The van der Waals surface area contributed by atoms with Gasteiger partial charge in [-0.3, -0.25) is 0 Å². The van der Waals surface area contributed by atoms with Gasteiger partial charge in [0.15, 0.2) is 14.7 Å². The quantitative estimate of drug-likeness (QED) is 0.456. The van der Waals surface area contributed by atoms with Crippen LogP contribution in [0.4, 0.5) is 4.79 Å². The van der Waals surface area contributed by atoms with E-state index in [0.29, 0.717) is 0 Å². The fourth-order valence-corrected chi connectivity index (χ4v) is 2.23. The average Bonchev–Trinajstić information content (AvgIpc) is 2.24. The molecule has 0 bridgehead atoms. The van der Waals surface area contributed by atoms with Gasteiger partial charge in [0, 0.05) is 13.3 Å². The van der Waals surface area contributed by atoms with Gasteiger partial charge < -0.3 is 19.5 Å². The number of esters is 1. The standard InChI is InChI=1S/C13H23NO7S/c1-7-20-11(16)10(22(6,18)19)9(15)8-14(5)12(17)21-13(2,3)4/h15H,7-8H2,1-6H3/b10-9-. The highest BCUT2D eigenvalue weighted by Gasteiger charge is 2.29. The van der Waals surface area contributed by atoms with Crippen LogP contribution >= 0.6 is 0 Å². The lowest BCUT2D eigenvalue weighted by Gasteiger charge is -2.24. The zero-order valence-corrected chi connectivity index (χ0v) is 14.5. The monoisotopic (exact) mass is 337 g/mol. The summed E-state index contributed by atoms with van der Waals surface area (Å²) in [6.07, 6.45) is -0.00100. The number of amides is 1. The smallest absolute Gasteiger partial charge is 0.410 e. The molecule has 0 spiro atoms. The summed E-state index contributed by atoms with van der Waals surface area (Å²) in [6, 6.07) is 0. The minimum atomic E-state index is -4.02. The van der Waals surface area contributed by atoms with Gasteiger partial charge >= 0.3 is 12.1 Å². The Bertz CT molecular complexity index is 557. The molecule has 0 heterocycles. The van der Waals surface area contributed by atoms with Crippen molar-refractivity contribution in [3.8, 4) is 0 Å². The second-order valence-corrected chi connectivity index (χ2v) is 7.56. The fourth-order valence-electron chi connectivity index (χ4n) is 1.38. The Labute approximate surface area is 130 Å². The van der Waals surface area contributed by atoms with Crippen LogP contribution in [-0.4, -0.2) is 62.5 Å². The molecule has 0 aromatic heterocycles. The number of likely N-dealkylation sites (N-methyl/N-ethyl adjacent to an activating group) is 1. The lowest BCUT2D eigenvalue weighted by atomic mass is 10.2. The molecule has 8 nitrogen and oxygen atoms in total. The molecule has 0 aliphatic heterocycles. The minimum absolute atomic E-state index is 0.0486. The Morgan fingerprint density at radius 2 is 1.73 bits per heavy atom. The van der Waals surface area contributed by atoms with Crippen LogP contribution in [0.25, 0.3) is 0 Å². The first kappa shape index (κ1) is 20.2. The number of aliphatic hydroxyl groups is 1. The molecule has 0 radical (unpaired) electrons. The van der Waals surface area contributed by atoms with Gasteiger partial charge in [-0.05, 0) is 27.7 Å².